The fourth-order valence-corrected chi connectivity index (χ4v) is 4.77. The fraction of sp³-hybridized carbons (Fsp3) is 0.588. The summed E-state index contributed by atoms with van der Waals surface area (Å²) in [5, 5.41) is 2.94. The average Bonchev–Trinajstić information content (AvgIpc) is 2.52. The van der Waals surface area contributed by atoms with Gasteiger partial charge in [0.05, 0.1) is 5.75 Å². The minimum Gasteiger partial charge on any atom is -0.356 e. The average molecular weight is 417 g/mol. The Morgan fingerprint density at radius 2 is 2.00 bits per heavy atom. The summed E-state index contributed by atoms with van der Waals surface area (Å²) in [6, 6.07) is 7.34. The number of carbonyl (C=O) groups is 1. The van der Waals surface area contributed by atoms with Gasteiger partial charge in [-0.15, -0.1) is 0 Å². The van der Waals surface area contributed by atoms with Crippen LogP contribution in [0.4, 0.5) is 0 Å². The van der Waals surface area contributed by atoms with E-state index in [1.54, 1.807) is 0 Å². The van der Waals surface area contributed by atoms with Crippen LogP contribution in [0.25, 0.3) is 0 Å². The second kappa shape index (κ2) is 8.45. The van der Waals surface area contributed by atoms with Crippen LogP contribution in [0, 0.1) is 11.8 Å². The monoisotopic (exact) mass is 416 g/mol. The molecule has 1 fully saturated rings. The third-order valence-corrected chi connectivity index (χ3v) is 6.48. The molecule has 0 bridgehead atoms. The SMILES string of the molecule is CC(C)CNC(=O)C1CCN(S(=O)(=O)Cc2cccc(Br)c2)CC1. The van der Waals surface area contributed by atoms with E-state index in [1.165, 1.54) is 4.31 Å². The number of hydrogen-bond donors (Lipinski definition) is 1. The van der Waals surface area contributed by atoms with Crippen LogP contribution in [0.3, 0.4) is 0 Å². The molecule has 1 heterocycles. The Balaban J connectivity index is 1.90. The number of sulfonamides is 1. The van der Waals surface area contributed by atoms with Crippen LogP contribution in [-0.4, -0.2) is 38.3 Å². The molecule has 1 N–H and O–H groups in total. The minimum absolute atomic E-state index is 0.00332. The molecule has 1 aliphatic heterocycles. The number of amides is 1. The standard InChI is InChI=1S/C17H25BrN2O3S/c1-13(2)11-19-17(21)15-6-8-20(9-7-15)24(22,23)12-14-4-3-5-16(18)10-14/h3-5,10,13,15H,6-9,11-12H2,1-2H3,(H,19,21). The number of nitrogens with zero attached hydrogens (tertiary/aromatic N) is 1. The Hall–Kier alpha value is -0.920. The first-order valence-corrected chi connectivity index (χ1v) is 10.7. The van der Waals surface area contributed by atoms with E-state index in [1.807, 2.05) is 24.3 Å². The Bertz CT molecular complexity index is 668. The molecule has 24 heavy (non-hydrogen) atoms. The fourth-order valence-electron chi connectivity index (χ4n) is 2.77. The highest BCUT2D eigenvalue weighted by Gasteiger charge is 2.31. The first kappa shape index (κ1) is 19.4. The Labute approximate surface area is 153 Å². The molecule has 1 saturated heterocycles. The summed E-state index contributed by atoms with van der Waals surface area (Å²) in [4.78, 5) is 12.1. The largest absolute Gasteiger partial charge is 0.356 e. The van der Waals surface area contributed by atoms with Crippen LogP contribution in [0.2, 0.25) is 0 Å². The molecule has 0 saturated carbocycles. The van der Waals surface area contributed by atoms with Gasteiger partial charge in [-0.2, -0.15) is 0 Å². The number of nitrogens with one attached hydrogen (secondary N) is 1. The summed E-state index contributed by atoms with van der Waals surface area (Å²) in [5.41, 5.74) is 0.765. The number of hydrogen-bond acceptors (Lipinski definition) is 3. The van der Waals surface area contributed by atoms with Gasteiger partial charge in [0.1, 0.15) is 0 Å². The predicted octanol–water partition coefficient (Wildman–Crippen LogP) is 2.76. The maximum atomic E-state index is 12.6. The molecule has 0 atom stereocenters. The van der Waals surface area contributed by atoms with Crippen molar-refractivity contribution < 1.29 is 13.2 Å². The summed E-state index contributed by atoms with van der Waals surface area (Å²) < 4.78 is 27.5. The zero-order valence-electron chi connectivity index (χ0n) is 14.2. The highest BCUT2D eigenvalue weighted by Crippen LogP contribution is 2.22. The zero-order valence-corrected chi connectivity index (χ0v) is 16.6. The molecule has 0 aliphatic carbocycles. The molecule has 7 heteroatoms. The normalized spacial score (nSPS) is 17.2. The van der Waals surface area contributed by atoms with Crippen molar-refractivity contribution in [3.63, 3.8) is 0 Å². The van der Waals surface area contributed by atoms with Gasteiger partial charge in [-0.05, 0) is 36.5 Å². The Morgan fingerprint density at radius 1 is 1.33 bits per heavy atom. The van der Waals surface area contributed by atoms with Gasteiger partial charge in [-0.1, -0.05) is 41.9 Å². The van der Waals surface area contributed by atoms with Crippen molar-refractivity contribution in [1.29, 1.82) is 0 Å². The van der Waals surface area contributed by atoms with Crippen LogP contribution in [0.1, 0.15) is 32.3 Å². The molecular formula is C17H25BrN2O3S. The van der Waals surface area contributed by atoms with Crippen molar-refractivity contribution in [2.75, 3.05) is 19.6 Å². The van der Waals surface area contributed by atoms with Gasteiger partial charge >= 0.3 is 0 Å². The summed E-state index contributed by atoms with van der Waals surface area (Å²) in [7, 11) is -3.35. The molecule has 0 radical (unpaired) electrons. The Kier molecular flexibility index (Phi) is 6.83. The smallest absolute Gasteiger partial charge is 0.223 e. The van der Waals surface area contributed by atoms with E-state index in [0.717, 1.165) is 10.0 Å². The van der Waals surface area contributed by atoms with E-state index in [2.05, 4.69) is 35.1 Å². The molecule has 1 aliphatic rings. The van der Waals surface area contributed by atoms with Crippen LogP contribution in [0.15, 0.2) is 28.7 Å². The maximum absolute atomic E-state index is 12.6. The third kappa shape index (κ3) is 5.57. The van der Waals surface area contributed by atoms with Gasteiger partial charge in [0.15, 0.2) is 0 Å². The second-order valence-corrected chi connectivity index (χ2v) is 9.58. The minimum atomic E-state index is -3.35. The van der Waals surface area contributed by atoms with Gasteiger partial charge in [0, 0.05) is 30.0 Å². The molecule has 1 aromatic carbocycles. The van der Waals surface area contributed by atoms with E-state index in [0.29, 0.717) is 38.4 Å². The topological polar surface area (TPSA) is 66.5 Å². The van der Waals surface area contributed by atoms with Crippen molar-refractivity contribution in [3.05, 3.63) is 34.3 Å². The summed E-state index contributed by atoms with van der Waals surface area (Å²) in [5.74, 6) is 0.379. The lowest BCUT2D eigenvalue weighted by molar-refractivity contribution is -0.126. The number of rotatable bonds is 6. The molecule has 0 spiro atoms. The second-order valence-electron chi connectivity index (χ2n) is 6.70. The van der Waals surface area contributed by atoms with E-state index >= 15 is 0 Å². The molecule has 0 aromatic heterocycles. The number of piperidine rings is 1. The summed E-state index contributed by atoms with van der Waals surface area (Å²) in [6.45, 7) is 5.60. The Morgan fingerprint density at radius 3 is 2.58 bits per heavy atom. The summed E-state index contributed by atoms with van der Waals surface area (Å²) >= 11 is 3.36. The molecule has 0 unspecified atom stereocenters. The van der Waals surface area contributed by atoms with Crippen molar-refractivity contribution >= 4 is 31.9 Å². The van der Waals surface area contributed by atoms with Gasteiger partial charge in [-0.25, -0.2) is 12.7 Å². The van der Waals surface area contributed by atoms with E-state index < -0.39 is 10.0 Å². The number of benzene rings is 1. The quantitative estimate of drug-likeness (QED) is 0.774. The highest BCUT2D eigenvalue weighted by molar-refractivity contribution is 9.10. The van der Waals surface area contributed by atoms with Gasteiger partial charge in [0.25, 0.3) is 0 Å². The third-order valence-electron chi connectivity index (χ3n) is 4.14. The summed E-state index contributed by atoms with van der Waals surface area (Å²) in [6.07, 6.45) is 1.17. The predicted molar refractivity (Wildman–Crippen MR) is 98.9 cm³/mol. The lowest BCUT2D eigenvalue weighted by Gasteiger charge is -2.30. The molecule has 5 nitrogen and oxygen atoms in total. The molecular weight excluding hydrogens is 392 g/mol. The lowest BCUT2D eigenvalue weighted by Crippen LogP contribution is -2.43. The van der Waals surface area contributed by atoms with Crippen molar-refractivity contribution in [3.8, 4) is 0 Å². The van der Waals surface area contributed by atoms with E-state index in [9.17, 15) is 13.2 Å². The molecule has 134 valence electrons. The van der Waals surface area contributed by atoms with Crippen molar-refractivity contribution in [2.24, 2.45) is 11.8 Å². The first-order valence-electron chi connectivity index (χ1n) is 8.28. The maximum Gasteiger partial charge on any atom is 0.223 e. The number of carbonyl (C=O) groups excluding carboxylic acids is 1. The molecule has 2 rings (SSSR count). The van der Waals surface area contributed by atoms with Crippen LogP contribution in [-0.2, 0) is 20.6 Å². The van der Waals surface area contributed by atoms with Gasteiger partial charge < -0.3 is 5.32 Å². The van der Waals surface area contributed by atoms with Gasteiger partial charge in [0.2, 0.25) is 15.9 Å². The number of halogens is 1. The van der Waals surface area contributed by atoms with Crippen LogP contribution in [0.5, 0.6) is 0 Å². The van der Waals surface area contributed by atoms with E-state index in [4.69, 9.17) is 0 Å². The highest BCUT2D eigenvalue weighted by atomic mass is 79.9. The van der Waals surface area contributed by atoms with Crippen LogP contribution >= 0.6 is 15.9 Å². The lowest BCUT2D eigenvalue weighted by atomic mass is 9.97. The van der Waals surface area contributed by atoms with Crippen molar-refractivity contribution in [2.45, 2.75) is 32.4 Å². The van der Waals surface area contributed by atoms with E-state index in [-0.39, 0.29) is 17.6 Å². The molecule has 1 aromatic rings. The van der Waals surface area contributed by atoms with Crippen molar-refractivity contribution in [1.82, 2.24) is 9.62 Å². The van der Waals surface area contributed by atoms with Gasteiger partial charge in [-0.3, -0.25) is 4.79 Å². The zero-order chi connectivity index (χ0) is 17.7. The first-order chi connectivity index (χ1) is 11.3. The molecule has 1 amide bonds. The van der Waals surface area contributed by atoms with Crippen LogP contribution < -0.4 is 5.32 Å².